The fourth-order valence-electron chi connectivity index (χ4n) is 1.01. The number of amides is 2. The van der Waals surface area contributed by atoms with Gasteiger partial charge in [0.1, 0.15) is 0 Å². The van der Waals surface area contributed by atoms with Gasteiger partial charge < -0.3 is 4.74 Å². The second-order valence-electron chi connectivity index (χ2n) is 2.83. The lowest BCUT2D eigenvalue weighted by molar-refractivity contribution is -0.116. The molecule has 0 N–H and O–H groups in total. The van der Waals surface area contributed by atoms with Crippen LogP contribution in [-0.2, 0) is 9.53 Å². The number of rotatable bonds is 6. The molecule has 13 heavy (non-hydrogen) atoms. The number of methoxy groups -OCH3 is 1. The number of ether oxygens (including phenoxy) is 1. The van der Waals surface area contributed by atoms with Crippen LogP contribution in [0.3, 0.4) is 0 Å². The lowest BCUT2D eigenvalue weighted by atomic mass is 10.2. The molecule has 0 aromatic heterocycles. The Morgan fingerprint density at radius 1 is 1.38 bits per heavy atom. The Hall–Kier alpha value is -1.06. The molecule has 0 fully saturated rings. The molecule has 2 amide bonds. The Kier molecular flexibility index (Phi) is 6.96. The van der Waals surface area contributed by atoms with E-state index in [1.54, 1.807) is 0 Å². The van der Waals surface area contributed by atoms with Crippen LogP contribution < -0.4 is 0 Å². The van der Waals surface area contributed by atoms with Crippen molar-refractivity contribution in [2.75, 3.05) is 13.7 Å². The Balaban J connectivity index is 3.60. The van der Waals surface area contributed by atoms with Crippen LogP contribution in [-0.4, -0.2) is 31.1 Å². The standard InChI is InChI=1S/C9H17NO3/c1-3-4-5-6-7-10(8-11)9(12)13-2/h8H,3-7H2,1-2H3. The SMILES string of the molecule is CCCCCCN(C=O)C(=O)OC. The molecule has 0 saturated carbocycles. The molecule has 0 spiro atoms. The maximum absolute atomic E-state index is 10.9. The zero-order valence-corrected chi connectivity index (χ0v) is 8.28. The van der Waals surface area contributed by atoms with Gasteiger partial charge in [0.25, 0.3) is 0 Å². The summed E-state index contributed by atoms with van der Waals surface area (Å²) in [7, 11) is 1.27. The molecule has 0 unspecified atom stereocenters. The monoisotopic (exact) mass is 187 g/mol. The van der Waals surface area contributed by atoms with E-state index in [-0.39, 0.29) is 0 Å². The molecule has 0 heterocycles. The molecule has 0 aromatic rings. The number of carbonyl (C=O) groups is 2. The van der Waals surface area contributed by atoms with Crippen molar-refractivity contribution >= 4 is 12.5 Å². The first kappa shape index (κ1) is 11.9. The smallest absolute Gasteiger partial charge is 0.416 e. The van der Waals surface area contributed by atoms with Crippen molar-refractivity contribution in [2.45, 2.75) is 32.6 Å². The Labute approximate surface area is 78.9 Å². The first-order valence-corrected chi connectivity index (χ1v) is 4.56. The van der Waals surface area contributed by atoms with Gasteiger partial charge in [0, 0.05) is 6.54 Å². The van der Waals surface area contributed by atoms with E-state index in [0.29, 0.717) is 13.0 Å². The molecule has 0 aromatic carbocycles. The molecule has 0 rings (SSSR count). The Morgan fingerprint density at radius 3 is 2.54 bits per heavy atom. The second-order valence-corrected chi connectivity index (χ2v) is 2.83. The third-order valence-corrected chi connectivity index (χ3v) is 1.79. The minimum absolute atomic E-state index is 0.455. The highest BCUT2D eigenvalue weighted by Crippen LogP contribution is 2.00. The number of imide groups is 1. The van der Waals surface area contributed by atoms with Gasteiger partial charge in [-0.25, -0.2) is 4.79 Å². The number of carbonyl (C=O) groups excluding carboxylic acids is 2. The summed E-state index contributed by atoms with van der Waals surface area (Å²) in [6.07, 6.45) is 4.09. The van der Waals surface area contributed by atoms with Crippen molar-refractivity contribution in [3.8, 4) is 0 Å². The highest BCUT2D eigenvalue weighted by Gasteiger charge is 2.10. The van der Waals surface area contributed by atoms with E-state index < -0.39 is 6.09 Å². The minimum atomic E-state index is -0.577. The zero-order valence-electron chi connectivity index (χ0n) is 8.28. The summed E-state index contributed by atoms with van der Waals surface area (Å²) in [6.45, 7) is 2.56. The van der Waals surface area contributed by atoms with Crippen LogP contribution in [0.4, 0.5) is 4.79 Å². The summed E-state index contributed by atoms with van der Waals surface area (Å²) >= 11 is 0. The van der Waals surface area contributed by atoms with Crippen LogP contribution in [0, 0.1) is 0 Å². The summed E-state index contributed by atoms with van der Waals surface area (Å²) in [5.74, 6) is 0. The van der Waals surface area contributed by atoms with Crippen molar-refractivity contribution in [3.63, 3.8) is 0 Å². The van der Waals surface area contributed by atoms with E-state index in [0.717, 1.165) is 30.6 Å². The van der Waals surface area contributed by atoms with Gasteiger partial charge in [-0.3, -0.25) is 9.69 Å². The molecule has 0 saturated heterocycles. The van der Waals surface area contributed by atoms with Gasteiger partial charge in [-0.05, 0) is 6.42 Å². The van der Waals surface area contributed by atoms with Crippen LogP contribution >= 0.6 is 0 Å². The predicted octanol–water partition coefficient (Wildman–Crippen LogP) is 1.79. The van der Waals surface area contributed by atoms with Gasteiger partial charge in [0.2, 0.25) is 6.41 Å². The minimum Gasteiger partial charge on any atom is -0.452 e. The van der Waals surface area contributed by atoms with Crippen LogP contribution in [0.1, 0.15) is 32.6 Å². The molecular formula is C9H17NO3. The number of hydrogen-bond acceptors (Lipinski definition) is 3. The van der Waals surface area contributed by atoms with Gasteiger partial charge in [-0.1, -0.05) is 26.2 Å². The maximum atomic E-state index is 10.9. The Morgan fingerprint density at radius 2 is 2.08 bits per heavy atom. The van der Waals surface area contributed by atoms with E-state index in [1.807, 2.05) is 0 Å². The average molecular weight is 187 g/mol. The number of nitrogens with zero attached hydrogens (tertiary/aromatic N) is 1. The first-order valence-electron chi connectivity index (χ1n) is 4.56. The first-order chi connectivity index (χ1) is 6.26. The van der Waals surface area contributed by atoms with E-state index in [9.17, 15) is 9.59 Å². The molecule has 0 radical (unpaired) electrons. The highest BCUT2D eigenvalue weighted by molar-refractivity contribution is 5.79. The van der Waals surface area contributed by atoms with Crippen LogP contribution in [0.5, 0.6) is 0 Å². The Bertz CT molecular complexity index is 159. The van der Waals surface area contributed by atoms with E-state index in [1.165, 1.54) is 7.11 Å². The summed E-state index contributed by atoms with van der Waals surface area (Å²) in [4.78, 5) is 22.3. The fourth-order valence-corrected chi connectivity index (χ4v) is 1.01. The number of unbranched alkanes of at least 4 members (excludes halogenated alkanes) is 3. The van der Waals surface area contributed by atoms with E-state index in [4.69, 9.17) is 0 Å². The highest BCUT2D eigenvalue weighted by atomic mass is 16.5. The average Bonchev–Trinajstić information content (AvgIpc) is 2.17. The zero-order chi connectivity index (χ0) is 10.1. The van der Waals surface area contributed by atoms with Gasteiger partial charge in [-0.2, -0.15) is 0 Å². The van der Waals surface area contributed by atoms with Crippen molar-refractivity contribution in [1.82, 2.24) is 4.90 Å². The molecule has 0 bridgehead atoms. The normalized spacial score (nSPS) is 9.38. The van der Waals surface area contributed by atoms with Gasteiger partial charge in [0.15, 0.2) is 0 Å². The second kappa shape index (κ2) is 7.58. The predicted molar refractivity (Wildman–Crippen MR) is 49.3 cm³/mol. The summed E-state index contributed by atoms with van der Waals surface area (Å²) in [5, 5.41) is 0. The third kappa shape index (κ3) is 5.22. The van der Waals surface area contributed by atoms with Gasteiger partial charge in [0.05, 0.1) is 7.11 Å². The molecule has 4 nitrogen and oxygen atoms in total. The summed E-state index contributed by atoms with van der Waals surface area (Å²) < 4.78 is 4.42. The third-order valence-electron chi connectivity index (χ3n) is 1.79. The molecule has 76 valence electrons. The van der Waals surface area contributed by atoms with Crippen molar-refractivity contribution in [2.24, 2.45) is 0 Å². The maximum Gasteiger partial charge on any atom is 0.416 e. The molecule has 0 aliphatic carbocycles. The van der Waals surface area contributed by atoms with Crippen molar-refractivity contribution in [1.29, 1.82) is 0 Å². The quantitative estimate of drug-likeness (QED) is 0.470. The molecule has 4 heteroatoms. The van der Waals surface area contributed by atoms with Gasteiger partial charge >= 0.3 is 6.09 Å². The van der Waals surface area contributed by atoms with Crippen molar-refractivity contribution < 1.29 is 14.3 Å². The van der Waals surface area contributed by atoms with Crippen LogP contribution in [0.25, 0.3) is 0 Å². The summed E-state index contributed by atoms with van der Waals surface area (Å²) in [6, 6.07) is 0. The van der Waals surface area contributed by atoms with E-state index >= 15 is 0 Å². The van der Waals surface area contributed by atoms with Crippen LogP contribution in [0.15, 0.2) is 0 Å². The molecular weight excluding hydrogens is 170 g/mol. The van der Waals surface area contributed by atoms with Crippen molar-refractivity contribution in [3.05, 3.63) is 0 Å². The lowest BCUT2D eigenvalue weighted by Gasteiger charge is -2.12. The molecule has 0 aliphatic rings. The van der Waals surface area contributed by atoms with E-state index in [2.05, 4.69) is 11.7 Å². The van der Waals surface area contributed by atoms with Gasteiger partial charge in [-0.15, -0.1) is 0 Å². The molecule has 0 atom stereocenters. The largest absolute Gasteiger partial charge is 0.452 e. The topological polar surface area (TPSA) is 46.6 Å². The lowest BCUT2D eigenvalue weighted by Crippen LogP contribution is -2.30. The fraction of sp³-hybridized carbons (Fsp3) is 0.778. The summed E-state index contributed by atoms with van der Waals surface area (Å²) in [5.41, 5.74) is 0. The number of hydrogen-bond donors (Lipinski definition) is 0. The van der Waals surface area contributed by atoms with Crippen LogP contribution in [0.2, 0.25) is 0 Å². The molecule has 0 aliphatic heterocycles.